The van der Waals surface area contributed by atoms with Gasteiger partial charge in [-0.2, -0.15) is 0 Å². The predicted molar refractivity (Wildman–Crippen MR) is 89.6 cm³/mol. The summed E-state index contributed by atoms with van der Waals surface area (Å²) < 4.78 is 28.3. The van der Waals surface area contributed by atoms with E-state index in [0.717, 1.165) is 17.8 Å². The molecule has 25 heavy (non-hydrogen) atoms. The van der Waals surface area contributed by atoms with Crippen molar-refractivity contribution in [3.8, 4) is 11.5 Å². The molecule has 8 nitrogen and oxygen atoms in total. The average Bonchev–Trinajstić information content (AvgIpc) is 3.11. The number of phenols is 2. The van der Waals surface area contributed by atoms with Crippen LogP contribution >= 0.6 is 11.8 Å². The van der Waals surface area contributed by atoms with E-state index in [1.807, 2.05) is 0 Å². The molecule has 1 aliphatic heterocycles. The molecule has 1 unspecified atom stereocenters. The summed E-state index contributed by atoms with van der Waals surface area (Å²) in [6.07, 6.45) is 0.991. The van der Waals surface area contributed by atoms with Gasteiger partial charge in [-0.15, -0.1) is 10.2 Å². The van der Waals surface area contributed by atoms with Gasteiger partial charge in [-0.3, -0.25) is 4.79 Å². The minimum Gasteiger partial charge on any atom is -0.508 e. The monoisotopic (exact) mass is 384 g/mol. The molecule has 10 heteroatoms. The zero-order valence-corrected chi connectivity index (χ0v) is 14.7. The number of carbonyl (C=O) groups is 1. The van der Waals surface area contributed by atoms with Crippen molar-refractivity contribution in [1.29, 1.82) is 0 Å². The fourth-order valence-electron chi connectivity index (χ4n) is 2.62. The standard InChI is InChI=1S/C15H16N2O6S2/c18-10-1-2-11(12(19)6-10)13(20)7-24-15-17-16-14(23-15)5-9-3-4-25(21,22)8-9/h1-2,6,9,18-19H,3-5,7-8H2. The van der Waals surface area contributed by atoms with Crippen molar-refractivity contribution >= 4 is 27.4 Å². The Morgan fingerprint density at radius 1 is 1.32 bits per heavy atom. The number of ketones is 1. The fraction of sp³-hybridized carbons (Fsp3) is 0.400. The maximum Gasteiger partial charge on any atom is 0.277 e. The third kappa shape index (κ3) is 4.51. The van der Waals surface area contributed by atoms with Crippen LogP contribution in [0.5, 0.6) is 11.5 Å². The molecule has 134 valence electrons. The smallest absolute Gasteiger partial charge is 0.277 e. The van der Waals surface area contributed by atoms with E-state index in [9.17, 15) is 23.4 Å². The van der Waals surface area contributed by atoms with E-state index in [0.29, 0.717) is 18.7 Å². The lowest BCUT2D eigenvalue weighted by Crippen LogP contribution is -2.07. The summed E-state index contributed by atoms with van der Waals surface area (Å²) >= 11 is 1.03. The third-order valence-electron chi connectivity index (χ3n) is 3.85. The molecule has 1 aliphatic rings. The molecule has 0 aliphatic carbocycles. The van der Waals surface area contributed by atoms with Gasteiger partial charge in [0.1, 0.15) is 11.5 Å². The van der Waals surface area contributed by atoms with Gasteiger partial charge in [0, 0.05) is 12.5 Å². The Bertz CT molecular complexity index is 893. The van der Waals surface area contributed by atoms with E-state index in [2.05, 4.69) is 10.2 Å². The first-order chi connectivity index (χ1) is 11.8. The number of rotatable bonds is 6. The number of aromatic nitrogens is 2. The van der Waals surface area contributed by atoms with Crippen LogP contribution in [0.25, 0.3) is 0 Å². The van der Waals surface area contributed by atoms with E-state index in [4.69, 9.17) is 4.42 Å². The first-order valence-electron chi connectivity index (χ1n) is 7.53. The lowest BCUT2D eigenvalue weighted by Gasteiger charge is -2.03. The van der Waals surface area contributed by atoms with E-state index >= 15 is 0 Å². The van der Waals surface area contributed by atoms with Gasteiger partial charge in [0.05, 0.1) is 22.8 Å². The number of Topliss-reactive ketones (excluding diaryl/α,β-unsaturated/α-hetero) is 1. The summed E-state index contributed by atoms with van der Waals surface area (Å²) in [4.78, 5) is 12.1. The van der Waals surface area contributed by atoms with Gasteiger partial charge in [0.25, 0.3) is 5.22 Å². The Kier molecular flexibility index (Phi) is 5.00. The molecule has 1 aromatic carbocycles. The van der Waals surface area contributed by atoms with E-state index in [1.54, 1.807) is 0 Å². The van der Waals surface area contributed by atoms with Gasteiger partial charge in [-0.1, -0.05) is 11.8 Å². The highest BCUT2D eigenvalue weighted by molar-refractivity contribution is 7.99. The Morgan fingerprint density at radius 3 is 2.80 bits per heavy atom. The van der Waals surface area contributed by atoms with Crippen molar-refractivity contribution in [3.05, 3.63) is 29.7 Å². The lowest BCUT2D eigenvalue weighted by atomic mass is 10.1. The third-order valence-corrected chi connectivity index (χ3v) is 6.50. The zero-order valence-electron chi connectivity index (χ0n) is 13.1. The van der Waals surface area contributed by atoms with Gasteiger partial charge in [-0.25, -0.2) is 8.42 Å². The molecule has 1 saturated heterocycles. The number of hydrogen-bond donors (Lipinski definition) is 2. The molecule has 1 atom stereocenters. The van der Waals surface area contributed by atoms with Crippen molar-refractivity contribution in [2.45, 2.75) is 18.1 Å². The second kappa shape index (κ2) is 7.04. The van der Waals surface area contributed by atoms with Crippen LogP contribution in [0.4, 0.5) is 0 Å². The largest absolute Gasteiger partial charge is 0.508 e. The highest BCUT2D eigenvalue weighted by atomic mass is 32.2. The molecule has 0 bridgehead atoms. The Hall–Kier alpha value is -2.07. The van der Waals surface area contributed by atoms with Crippen LogP contribution in [0, 0.1) is 5.92 Å². The van der Waals surface area contributed by atoms with Gasteiger partial charge >= 0.3 is 0 Å². The topological polar surface area (TPSA) is 131 Å². The normalized spacial score (nSPS) is 19.1. The van der Waals surface area contributed by atoms with E-state index < -0.39 is 9.84 Å². The summed E-state index contributed by atoms with van der Waals surface area (Å²) in [5, 5.41) is 26.8. The number of thioether (sulfide) groups is 1. The molecule has 0 amide bonds. The molecular weight excluding hydrogens is 368 g/mol. The van der Waals surface area contributed by atoms with Crippen LogP contribution in [0.1, 0.15) is 22.7 Å². The Balaban J connectivity index is 1.56. The molecule has 0 saturated carbocycles. The first-order valence-corrected chi connectivity index (χ1v) is 10.3. The van der Waals surface area contributed by atoms with Gasteiger partial charge in [0.15, 0.2) is 15.6 Å². The maximum atomic E-state index is 12.1. The van der Waals surface area contributed by atoms with Crippen LogP contribution in [0.3, 0.4) is 0 Å². The minimum atomic E-state index is -2.95. The minimum absolute atomic E-state index is 0.0149. The Labute approximate surface area is 148 Å². The summed E-state index contributed by atoms with van der Waals surface area (Å²) in [5.74, 6) is -0.115. The molecule has 2 heterocycles. The van der Waals surface area contributed by atoms with Crippen LogP contribution in [-0.2, 0) is 16.3 Å². The summed E-state index contributed by atoms with van der Waals surface area (Å²) in [5.41, 5.74) is 0.0983. The first kappa shape index (κ1) is 17.7. The quantitative estimate of drug-likeness (QED) is 0.561. The number of nitrogens with zero attached hydrogens (tertiary/aromatic N) is 2. The molecular formula is C15H16N2O6S2. The molecule has 0 spiro atoms. The number of phenolic OH excluding ortho intramolecular Hbond substituents is 2. The molecule has 2 aromatic rings. The van der Waals surface area contributed by atoms with Crippen LogP contribution < -0.4 is 0 Å². The Morgan fingerprint density at radius 2 is 2.12 bits per heavy atom. The van der Waals surface area contributed by atoms with Gasteiger partial charge < -0.3 is 14.6 Å². The molecule has 0 radical (unpaired) electrons. The number of hydrogen-bond acceptors (Lipinski definition) is 9. The van der Waals surface area contributed by atoms with E-state index in [-0.39, 0.29) is 51.2 Å². The van der Waals surface area contributed by atoms with Gasteiger partial charge in [0.2, 0.25) is 5.89 Å². The number of sulfone groups is 1. The van der Waals surface area contributed by atoms with E-state index in [1.165, 1.54) is 12.1 Å². The molecule has 2 N–H and O–H groups in total. The van der Waals surface area contributed by atoms with Crippen LogP contribution in [-0.4, -0.2) is 51.9 Å². The number of carbonyl (C=O) groups excluding carboxylic acids is 1. The second-order valence-corrected chi connectivity index (χ2v) is 9.00. The zero-order chi connectivity index (χ0) is 18.0. The predicted octanol–water partition coefficient (Wildman–Crippen LogP) is 1.43. The molecule has 1 aromatic heterocycles. The van der Waals surface area contributed by atoms with Crippen molar-refractivity contribution in [2.24, 2.45) is 5.92 Å². The highest BCUT2D eigenvalue weighted by Crippen LogP contribution is 2.27. The molecule has 1 fully saturated rings. The fourth-order valence-corrected chi connectivity index (χ4v) is 5.15. The van der Waals surface area contributed by atoms with Gasteiger partial charge in [-0.05, 0) is 24.5 Å². The van der Waals surface area contributed by atoms with Crippen molar-refractivity contribution in [2.75, 3.05) is 17.3 Å². The summed E-state index contributed by atoms with van der Waals surface area (Å²) in [6, 6.07) is 3.75. The SMILES string of the molecule is O=C(CSc1nnc(CC2CCS(=O)(=O)C2)o1)c1ccc(O)cc1O. The van der Waals surface area contributed by atoms with Crippen LogP contribution in [0.2, 0.25) is 0 Å². The van der Waals surface area contributed by atoms with Crippen molar-refractivity contribution < 1.29 is 27.8 Å². The highest BCUT2D eigenvalue weighted by Gasteiger charge is 2.29. The second-order valence-electron chi connectivity index (χ2n) is 5.85. The molecule has 3 rings (SSSR count). The van der Waals surface area contributed by atoms with Crippen LogP contribution in [0.15, 0.2) is 27.8 Å². The summed E-state index contributed by atoms with van der Waals surface area (Å²) in [6.45, 7) is 0. The average molecular weight is 384 g/mol. The maximum absolute atomic E-state index is 12.1. The lowest BCUT2D eigenvalue weighted by molar-refractivity contribution is 0.101. The summed E-state index contributed by atoms with van der Waals surface area (Å²) in [7, 11) is -2.95. The number of benzene rings is 1. The number of aromatic hydroxyl groups is 2. The van der Waals surface area contributed by atoms with Crippen molar-refractivity contribution in [3.63, 3.8) is 0 Å². The van der Waals surface area contributed by atoms with Crippen molar-refractivity contribution in [1.82, 2.24) is 10.2 Å².